The average molecular weight is 295 g/mol. The first-order chi connectivity index (χ1) is 8.85. The second kappa shape index (κ2) is 6.72. The first-order valence-electron chi connectivity index (χ1n) is 5.58. The lowest BCUT2D eigenvalue weighted by Crippen LogP contribution is -2.41. The molecule has 0 saturated carbocycles. The van der Waals surface area contributed by atoms with Crippen molar-refractivity contribution in [2.45, 2.75) is 45.4 Å². The van der Waals surface area contributed by atoms with Crippen LogP contribution in [0.2, 0.25) is 0 Å². The first kappa shape index (κ1) is 15.7. The van der Waals surface area contributed by atoms with Gasteiger partial charge in [-0.2, -0.15) is 0 Å². The minimum Gasteiger partial charge on any atom is -0.455 e. The van der Waals surface area contributed by atoms with E-state index in [1.54, 1.807) is 0 Å². The molecule has 1 heterocycles. The Kier molecular flexibility index (Phi) is 5.56. The van der Waals surface area contributed by atoms with E-state index in [0.717, 1.165) is 0 Å². The van der Waals surface area contributed by atoms with E-state index in [1.165, 1.54) is 20.8 Å². The predicted molar refractivity (Wildman–Crippen MR) is 62.3 cm³/mol. The number of carbonyl (C=O) groups excluding carboxylic acids is 3. The van der Waals surface area contributed by atoms with Gasteiger partial charge >= 0.3 is 17.9 Å². The molecule has 0 N–H and O–H groups in total. The molecule has 8 heteroatoms. The van der Waals surface area contributed by atoms with E-state index in [-0.39, 0.29) is 5.88 Å². The lowest BCUT2D eigenvalue weighted by Gasteiger charge is -2.22. The number of halogens is 1. The molecule has 0 amide bonds. The minimum absolute atomic E-state index is 0.00647. The Labute approximate surface area is 115 Å². The lowest BCUT2D eigenvalue weighted by molar-refractivity contribution is -0.194. The van der Waals surface area contributed by atoms with Gasteiger partial charge in [0.1, 0.15) is 6.10 Å². The average Bonchev–Trinajstić information content (AvgIpc) is 2.55. The Morgan fingerprint density at radius 2 is 1.42 bits per heavy atom. The fourth-order valence-electron chi connectivity index (χ4n) is 1.73. The highest BCUT2D eigenvalue weighted by molar-refractivity contribution is 6.18. The molecule has 108 valence electrons. The molecular formula is C11H15ClO7. The van der Waals surface area contributed by atoms with Gasteiger partial charge in [-0.15, -0.1) is 11.6 Å². The number of hydrogen-bond donors (Lipinski definition) is 0. The van der Waals surface area contributed by atoms with Crippen molar-refractivity contribution in [1.29, 1.82) is 0 Å². The molecule has 1 aliphatic heterocycles. The second-order valence-electron chi connectivity index (χ2n) is 3.95. The van der Waals surface area contributed by atoms with Gasteiger partial charge in [-0.3, -0.25) is 14.4 Å². The van der Waals surface area contributed by atoms with Gasteiger partial charge in [0.25, 0.3) is 0 Å². The molecule has 0 aromatic heterocycles. The molecule has 0 aromatic rings. The van der Waals surface area contributed by atoms with Crippen LogP contribution in [-0.2, 0) is 33.3 Å². The van der Waals surface area contributed by atoms with E-state index in [2.05, 4.69) is 0 Å². The quantitative estimate of drug-likeness (QED) is 0.420. The molecular weight excluding hydrogens is 280 g/mol. The van der Waals surface area contributed by atoms with Gasteiger partial charge in [-0.25, -0.2) is 0 Å². The third kappa shape index (κ3) is 4.36. The molecule has 0 bridgehead atoms. The summed E-state index contributed by atoms with van der Waals surface area (Å²) in [6.45, 7) is 3.57. The summed E-state index contributed by atoms with van der Waals surface area (Å²) >= 11 is 5.69. The molecule has 1 unspecified atom stereocenters. The van der Waals surface area contributed by atoms with Gasteiger partial charge in [0.05, 0.1) is 5.88 Å². The summed E-state index contributed by atoms with van der Waals surface area (Å²) in [5.41, 5.74) is 0. The molecule has 1 aliphatic rings. The van der Waals surface area contributed by atoms with Gasteiger partial charge < -0.3 is 18.9 Å². The molecule has 0 radical (unpaired) electrons. The third-order valence-electron chi connectivity index (χ3n) is 2.31. The van der Waals surface area contributed by atoms with E-state index < -0.39 is 42.5 Å². The maximum absolute atomic E-state index is 11.1. The van der Waals surface area contributed by atoms with Crippen LogP contribution in [0, 0.1) is 0 Å². The third-order valence-corrected chi connectivity index (χ3v) is 2.61. The van der Waals surface area contributed by atoms with E-state index in [4.69, 9.17) is 30.5 Å². The second-order valence-corrected chi connectivity index (χ2v) is 4.26. The fraction of sp³-hybridized carbons (Fsp3) is 0.727. The summed E-state index contributed by atoms with van der Waals surface area (Å²) in [7, 11) is 0. The number of rotatable bonds is 4. The zero-order valence-electron chi connectivity index (χ0n) is 10.8. The van der Waals surface area contributed by atoms with E-state index in [1.807, 2.05) is 0 Å². The van der Waals surface area contributed by atoms with Crippen LogP contribution in [0.15, 0.2) is 0 Å². The summed E-state index contributed by atoms with van der Waals surface area (Å²) in [5, 5.41) is 0. The SMILES string of the molecule is CC(=O)OC1O[C@H](CCl)[C@@H](OC(C)=O)[C@H]1OC(C)=O. The van der Waals surface area contributed by atoms with Crippen LogP contribution in [0.4, 0.5) is 0 Å². The number of hydrogen-bond acceptors (Lipinski definition) is 7. The van der Waals surface area contributed by atoms with Gasteiger partial charge in [0.15, 0.2) is 6.10 Å². The number of ether oxygens (including phenoxy) is 4. The number of carbonyl (C=O) groups is 3. The predicted octanol–water partition coefficient (Wildman–Crippen LogP) is 0.377. The summed E-state index contributed by atoms with van der Waals surface area (Å²) in [6, 6.07) is 0. The highest BCUT2D eigenvalue weighted by Gasteiger charge is 2.50. The topological polar surface area (TPSA) is 88.1 Å². The standard InChI is InChI=1S/C11H15ClO7/c1-5(13)16-9-8(4-12)19-11(18-7(3)15)10(9)17-6(2)14/h8-11H,4H2,1-3H3/t8-,9-,10-,11?/m1/s1. The lowest BCUT2D eigenvalue weighted by atomic mass is 10.1. The Morgan fingerprint density at radius 1 is 0.947 bits per heavy atom. The van der Waals surface area contributed by atoms with Crippen molar-refractivity contribution in [2.24, 2.45) is 0 Å². The van der Waals surface area contributed by atoms with Gasteiger partial charge in [0, 0.05) is 20.8 Å². The smallest absolute Gasteiger partial charge is 0.305 e. The highest BCUT2D eigenvalue weighted by Crippen LogP contribution is 2.28. The molecule has 7 nitrogen and oxygen atoms in total. The van der Waals surface area contributed by atoms with Crippen molar-refractivity contribution in [3.8, 4) is 0 Å². The Bertz CT molecular complexity index is 370. The highest BCUT2D eigenvalue weighted by atomic mass is 35.5. The van der Waals surface area contributed by atoms with Crippen molar-refractivity contribution in [3.63, 3.8) is 0 Å². The summed E-state index contributed by atoms with van der Waals surface area (Å²) in [5.74, 6) is -1.81. The normalized spacial score (nSPS) is 29.7. The van der Waals surface area contributed by atoms with Crippen LogP contribution in [0.3, 0.4) is 0 Å². The molecule has 19 heavy (non-hydrogen) atoms. The van der Waals surface area contributed by atoms with Gasteiger partial charge in [-0.1, -0.05) is 0 Å². The van der Waals surface area contributed by atoms with E-state index in [0.29, 0.717) is 0 Å². The molecule has 4 atom stereocenters. The van der Waals surface area contributed by atoms with Crippen molar-refractivity contribution >= 4 is 29.5 Å². The van der Waals surface area contributed by atoms with Crippen molar-refractivity contribution in [1.82, 2.24) is 0 Å². The minimum atomic E-state index is -1.14. The Hall–Kier alpha value is -1.34. The van der Waals surface area contributed by atoms with Crippen molar-refractivity contribution in [3.05, 3.63) is 0 Å². The molecule has 0 aromatic carbocycles. The number of esters is 3. The van der Waals surface area contributed by atoms with Gasteiger partial charge in [0.2, 0.25) is 12.4 Å². The summed E-state index contributed by atoms with van der Waals surface area (Å²) in [6.07, 6.45) is -3.81. The monoisotopic (exact) mass is 294 g/mol. The van der Waals surface area contributed by atoms with Gasteiger partial charge in [-0.05, 0) is 0 Å². The Balaban J connectivity index is 2.90. The summed E-state index contributed by atoms with van der Waals surface area (Å²) in [4.78, 5) is 33.1. The number of alkyl halides is 1. The zero-order valence-corrected chi connectivity index (χ0v) is 11.5. The summed E-state index contributed by atoms with van der Waals surface area (Å²) < 4.78 is 20.2. The largest absolute Gasteiger partial charge is 0.455 e. The molecule has 1 saturated heterocycles. The van der Waals surface area contributed by atoms with Crippen molar-refractivity contribution in [2.75, 3.05) is 5.88 Å². The van der Waals surface area contributed by atoms with Crippen molar-refractivity contribution < 1.29 is 33.3 Å². The zero-order chi connectivity index (χ0) is 14.6. The van der Waals surface area contributed by atoms with Crippen LogP contribution in [0.1, 0.15) is 20.8 Å². The van der Waals surface area contributed by atoms with Crippen LogP contribution < -0.4 is 0 Å². The van der Waals surface area contributed by atoms with Crippen LogP contribution in [0.5, 0.6) is 0 Å². The van der Waals surface area contributed by atoms with Crippen LogP contribution in [-0.4, -0.2) is 48.4 Å². The first-order valence-corrected chi connectivity index (χ1v) is 6.11. The maximum Gasteiger partial charge on any atom is 0.305 e. The van der Waals surface area contributed by atoms with E-state index >= 15 is 0 Å². The maximum atomic E-state index is 11.1. The molecule has 1 rings (SSSR count). The molecule has 0 spiro atoms. The van der Waals surface area contributed by atoms with Crippen LogP contribution >= 0.6 is 11.6 Å². The van der Waals surface area contributed by atoms with Crippen LogP contribution in [0.25, 0.3) is 0 Å². The van der Waals surface area contributed by atoms with E-state index in [9.17, 15) is 14.4 Å². The fourth-order valence-corrected chi connectivity index (χ4v) is 1.97. The Morgan fingerprint density at radius 3 is 1.84 bits per heavy atom. The molecule has 0 aliphatic carbocycles. The molecule has 1 fully saturated rings.